The first-order valence-corrected chi connectivity index (χ1v) is 17.5. The number of hydrogen-bond donors (Lipinski definition) is 3. The minimum absolute atomic E-state index is 0.135. The Morgan fingerprint density at radius 2 is 0.878 bits per heavy atom. The van der Waals surface area contributed by atoms with Crippen LogP contribution in [0.25, 0.3) is 0 Å². The SMILES string of the molecule is CCCCCC[C@@H](O)C/C=C\CCCCCCCC(=O)NC(=O)CCCCCCC/C=C\C[C@H](O)CCCCCC. The number of nitrogens with one attached hydrogen (secondary N) is 1. The van der Waals surface area contributed by atoms with Crippen molar-refractivity contribution in [3.05, 3.63) is 24.3 Å². The summed E-state index contributed by atoms with van der Waals surface area (Å²) in [5, 5.41) is 22.5. The molecule has 0 bridgehead atoms. The fourth-order valence-corrected chi connectivity index (χ4v) is 5.03. The lowest BCUT2D eigenvalue weighted by Crippen LogP contribution is -2.29. The Morgan fingerprint density at radius 3 is 1.29 bits per heavy atom. The molecule has 240 valence electrons. The lowest BCUT2D eigenvalue weighted by molar-refractivity contribution is -0.130. The Kier molecular flexibility index (Phi) is 30.4. The Bertz CT molecular complexity index is 591. The van der Waals surface area contributed by atoms with Gasteiger partial charge in [0.1, 0.15) is 0 Å². The summed E-state index contributed by atoms with van der Waals surface area (Å²) in [4.78, 5) is 24.0. The van der Waals surface area contributed by atoms with Crippen LogP contribution in [0.4, 0.5) is 0 Å². The quantitative estimate of drug-likeness (QED) is 0.0586. The molecule has 0 aliphatic carbocycles. The van der Waals surface area contributed by atoms with Crippen LogP contribution >= 0.6 is 0 Å². The van der Waals surface area contributed by atoms with Crippen LogP contribution in [0.15, 0.2) is 24.3 Å². The van der Waals surface area contributed by atoms with Gasteiger partial charge in [0.05, 0.1) is 12.2 Å². The average molecular weight is 578 g/mol. The van der Waals surface area contributed by atoms with Crippen LogP contribution in [0.1, 0.15) is 181 Å². The summed E-state index contributed by atoms with van der Waals surface area (Å²) in [7, 11) is 0. The van der Waals surface area contributed by atoms with Gasteiger partial charge < -0.3 is 10.2 Å². The maximum absolute atomic E-state index is 12.0. The van der Waals surface area contributed by atoms with Crippen LogP contribution in [0.5, 0.6) is 0 Å². The second-order valence-corrected chi connectivity index (χ2v) is 12.0. The number of amides is 2. The second-order valence-electron chi connectivity index (χ2n) is 12.0. The molecule has 41 heavy (non-hydrogen) atoms. The standard InChI is InChI=1S/C36H67NO4/c1-3-5-7-21-27-33(38)29-23-17-13-9-11-15-19-25-31-35(40)37-36(41)32-26-20-16-12-10-14-18-24-30-34(39)28-22-8-6-4-2/h17-18,23-24,33-34,38-39H,3-16,19-22,25-32H2,1-2H3,(H,37,40,41)/b23-17-,24-18-/t33-,34-/m1/s1. The summed E-state index contributed by atoms with van der Waals surface area (Å²) in [6.45, 7) is 4.41. The molecule has 3 N–H and O–H groups in total. The smallest absolute Gasteiger partial charge is 0.226 e. The molecule has 0 aliphatic rings. The molecule has 0 aromatic rings. The minimum Gasteiger partial charge on any atom is -0.393 e. The highest BCUT2D eigenvalue weighted by Crippen LogP contribution is 2.12. The van der Waals surface area contributed by atoms with Crippen LogP contribution in [0.3, 0.4) is 0 Å². The number of rotatable bonds is 30. The van der Waals surface area contributed by atoms with Crippen molar-refractivity contribution < 1.29 is 19.8 Å². The van der Waals surface area contributed by atoms with Crippen LogP contribution in [0.2, 0.25) is 0 Å². The van der Waals surface area contributed by atoms with E-state index in [2.05, 4.69) is 43.5 Å². The minimum atomic E-state index is -0.194. The number of imide groups is 1. The van der Waals surface area contributed by atoms with Crippen molar-refractivity contribution in [2.24, 2.45) is 0 Å². The number of allylic oxidation sites excluding steroid dienone is 2. The van der Waals surface area contributed by atoms with Gasteiger partial charge >= 0.3 is 0 Å². The fraction of sp³-hybridized carbons (Fsp3) is 0.833. The highest BCUT2D eigenvalue weighted by Gasteiger charge is 2.07. The molecule has 5 heteroatoms. The molecule has 0 saturated carbocycles. The highest BCUT2D eigenvalue weighted by atomic mass is 16.3. The number of aliphatic hydroxyl groups excluding tert-OH is 2. The third-order valence-electron chi connectivity index (χ3n) is 7.76. The van der Waals surface area contributed by atoms with E-state index in [1.165, 1.54) is 38.5 Å². The van der Waals surface area contributed by atoms with Crippen molar-refractivity contribution in [3.8, 4) is 0 Å². The zero-order valence-corrected chi connectivity index (χ0v) is 27.1. The van der Waals surface area contributed by atoms with E-state index >= 15 is 0 Å². The van der Waals surface area contributed by atoms with E-state index in [1.54, 1.807) is 0 Å². The van der Waals surface area contributed by atoms with Gasteiger partial charge in [-0.05, 0) is 64.2 Å². The summed E-state index contributed by atoms with van der Waals surface area (Å²) in [6.07, 6.45) is 34.8. The van der Waals surface area contributed by atoms with Crippen molar-refractivity contribution in [2.75, 3.05) is 0 Å². The van der Waals surface area contributed by atoms with Gasteiger partial charge in [0.25, 0.3) is 0 Å². The second kappa shape index (κ2) is 31.5. The maximum atomic E-state index is 12.0. The normalized spacial score (nSPS) is 13.3. The maximum Gasteiger partial charge on any atom is 0.226 e. The van der Waals surface area contributed by atoms with Crippen LogP contribution in [-0.4, -0.2) is 34.2 Å². The van der Waals surface area contributed by atoms with E-state index in [9.17, 15) is 19.8 Å². The van der Waals surface area contributed by atoms with Crippen LogP contribution < -0.4 is 5.32 Å². The zero-order valence-electron chi connectivity index (χ0n) is 27.1. The Balaban J connectivity index is 3.48. The summed E-state index contributed by atoms with van der Waals surface area (Å²) < 4.78 is 0. The first-order chi connectivity index (χ1) is 20.0. The highest BCUT2D eigenvalue weighted by molar-refractivity contribution is 5.95. The molecule has 0 radical (unpaired) electrons. The summed E-state index contributed by atoms with van der Waals surface area (Å²) in [6, 6.07) is 0. The molecule has 0 aromatic carbocycles. The molecule has 0 aromatic heterocycles. The first-order valence-electron chi connectivity index (χ1n) is 17.5. The molecule has 0 fully saturated rings. The Morgan fingerprint density at radius 1 is 0.512 bits per heavy atom. The van der Waals surface area contributed by atoms with Gasteiger partial charge in [-0.25, -0.2) is 0 Å². The molecule has 0 aliphatic heterocycles. The average Bonchev–Trinajstić information content (AvgIpc) is 2.95. The summed E-state index contributed by atoms with van der Waals surface area (Å²) in [5.41, 5.74) is 0. The van der Waals surface area contributed by atoms with E-state index < -0.39 is 0 Å². The van der Waals surface area contributed by atoms with Crippen molar-refractivity contribution in [3.63, 3.8) is 0 Å². The third-order valence-corrected chi connectivity index (χ3v) is 7.76. The van der Waals surface area contributed by atoms with E-state index in [0.29, 0.717) is 12.8 Å². The Labute approximate surface area is 254 Å². The van der Waals surface area contributed by atoms with Gasteiger partial charge in [-0.2, -0.15) is 0 Å². The molecular formula is C36H67NO4. The molecule has 5 nitrogen and oxygen atoms in total. The largest absolute Gasteiger partial charge is 0.393 e. The van der Waals surface area contributed by atoms with Crippen LogP contribution in [0, 0.1) is 0 Å². The number of aliphatic hydroxyl groups is 2. The zero-order chi connectivity index (χ0) is 30.2. The number of carbonyl (C=O) groups excluding carboxylic acids is 2. The molecule has 0 rings (SSSR count). The Hall–Kier alpha value is -1.46. The van der Waals surface area contributed by atoms with Gasteiger partial charge in [-0.15, -0.1) is 0 Å². The molecular weight excluding hydrogens is 510 g/mol. The molecule has 0 spiro atoms. The molecule has 2 atom stereocenters. The monoisotopic (exact) mass is 578 g/mol. The summed E-state index contributed by atoms with van der Waals surface area (Å²) in [5.74, 6) is -0.270. The number of hydrogen-bond acceptors (Lipinski definition) is 4. The van der Waals surface area contributed by atoms with Crippen molar-refractivity contribution in [1.29, 1.82) is 0 Å². The lowest BCUT2D eigenvalue weighted by Gasteiger charge is -2.07. The number of carbonyl (C=O) groups is 2. The first kappa shape index (κ1) is 39.5. The predicted octanol–water partition coefficient (Wildman–Crippen LogP) is 9.65. The van der Waals surface area contributed by atoms with Gasteiger partial charge in [0.2, 0.25) is 11.8 Å². The van der Waals surface area contributed by atoms with E-state index in [-0.39, 0.29) is 24.0 Å². The van der Waals surface area contributed by atoms with E-state index in [0.717, 1.165) is 116 Å². The van der Waals surface area contributed by atoms with E-state index in [1.807, 2.05) is 0 Å². The predicted molar refractivity (Wildman–Crippen MR) is 175 cm³/mol. The van der Waals surface area contributed by atoms with Crippen molar-refractivity contribution in [1.82, 2.24) is 5.32 Å². The van der Waals surface area contributed by atoms with Gasteiger partial charge in [-0.1, -0.05) is 128 Å². The lowest BCUT2D eigenvalue weighted by atomic mass is 10.1. The van der Waals surface area contributed by atoms with E-state index in [4.69, 9.17) is 0 Å². The molecule has 0 saturated heterocycles. The third kappa shape index (κ3) is 31.3. The summed E-state index contributed by atoms with van der Waals surface area (Å²) >= 11 is 0. The molecule has 0 heterocycles. The topological polar surface area (TPSA) is 86.6 Å². The van der Waals surface area contributed by atoms with Gasteiger partial charge in [0, 0.05) is 12.8 Å². The molecule has 0 unspecified atom stereocenters. The van der Waals surface area contributed by atoms with Crippen molar-refractivity contribution >= 4 is 11.8 Å². The van der Waals surface area contributed by atoms with Gasteiger partial charge in [-0.3, -0.25) is 14.9 Å². The fourth-order valence-electron chi connectivity index (χ4n) is 5.03. The van der Waals surface area contributed by atoms with Gasteiger partial charge in [0.15, 0.2) is 0 Å². The van der Waals surface area contributed by atoms with Crippen molar-refractivity contribution in [2.45, 2.75) is 193 Å². The van der Waals surface area contributed by atoms with Crippen LogP contribution in [-0.2, 0) is 9.59 Å². The molecule has 2 amide bonds. The number of unbranched alkanes of at least 4 members (excludes halogenated alkanes) is 16.